The van der Waals surface area contributed by atoms with Gasteiger partial charge in [0.1, 0.15) is 27.8 Å². The van der Waals surface area contributed by atoms with Crippen LogP contribution in [0, 0.1) is 46.6 Å². The van der Waals surface area contributed by atoms with Crippen LogP contribution in [0.15, 0.2) is 241 Å². The van der Waals surface area contributed by atoms with Crippen molar-refractivity contribution in [2.24, 2.45) is 9.98 Å². The summed E-state index contributed by atoms with van der Waals surface area (Å²) in [5, 5.41) is 7.72. The fourth-order valence-electron chi connectivity index (χ4n) is 9.61. The fourth-order valence-corrected chi connectivity index (χ4v) is 10.6. The van der Waals surface area contributed by atoms with Crippen LogP contribution in [-0.2, 0) is 0 Å². The molecule has 0 saturated carbocycles. The molecular formula is C78H74N4Si2. The van der Waals surface area contributed by atoms with Gasteiger partial charge in [-0.1, -0.05) is 245 Å². The van der Waals surface area contributed by atoms with E-state index in [4.69, 9.17) is 9.98 Å². The van der Waals surface area contributed by atoms with Gasteiger partial charge in [0.25, 0.3) is 0 Å². The smallest absolute Gasteiger partial charge is 0.131 e. The Morgan fingerprint density at radius 1 is 0.321 bits per heavy atom. The number of hydrogen-bond donors (Lipinski definition) is 2. The Kier molecular flexibility index (Phi) is 19.4. The van der Waals surface area contributed by atoms with E-state index in [1.165, 1.54) is 11.1 Å². The summed E-state index contributed by atoms with van der Waals surface area (Å²) in [6, 6.07) is 79.9. The number of nitrogens with zero attached hydrogens (tertiary/aromatic N) is 2. The van der Waals surface area contributed by atoms with Crippen LogP contribution in [0.1, 0.15) is 119 Å². The molecule has 0 saturated heterocycles. The molecule has 0 aliphatic carbocycles. The Labute approximate surface area is 502 Å². The highest BCUT2D eigenvalue weighted by atomic mass is 28.3. The minimum absolute atomic E-state index is 0.00599. The molecule has 4 atom stereocenters. The first-order valence-electron chi connectivity index (χ1n) is 29.1. The van der Waals surface area contributed by atoms with Crippen LogP contribution in [0.3, 0.4) is 0 Å². The number of hydrogen-bond acceptors (Lipinski definition) is 2. The molecule has 0 radical (unpaired) electrons. The van der Waals surface area contributed by atoms with E-state index in [0.29, 0.717) is 0 Å². The van der Waals surface area contributed by atoms with Crippen molar-refractivity contribution in [1.82, 2.24) is 10.6 Å². The second-order valence-corrected chi connectivity index (χ2v) is 32.9. The Balaban J connectivity index is 0.967. The lowest BCUT2D eigenvalue weighted by Gasteiger charge is -2.23. The molecule has 0 bridgehead atoms. The van der Waals surface area contributed by atoms with Crippen molar-refractivity contribution in [1.29, 1.82) is 0 Å². The maximum Gasteiger partial charge on any atom is 0.131 e. The van der Waals surface area contributed by atoms with Crippen LogP contribution in [0.25, 0.3) is 22.3 Å². The first kappa shape index (κ1) is 59.2. The van der Waals surface area contributed by atoms with Gasteiger partial charge in [0, 0.05) is 56.6 Å². The van der Waals surface area contributed by atoms with Crippen molar-refractivity contribution in [3.8, 4) is 68.9 Å². The second kappa shape index (κ2) is 27.6. The van der Waals surface area contributed by atoms with Gasteiger partial charge in [-0.15, -0.1) is 11.1 Å². The molecule has 6 heteroatoms. The van der Waals surface area contributed by atoms with Gasteiger partial charge in [-0.3, -0.25) is 9.98 Å². The molecule has 9 aromatic carbocycles. The molecule has 0 amide bonds. The highest BCUT2D eigenvalue weighted by Crippen LogP contribution is 2.32. The third kappa shape index (κ3) is 16.4. The Morgan fingerprint density at radius 3 is 0.905 bits per heavy atom. The normalized spacial score (nSPS) is 12.9. The van der Waals surface area contributed by atoms with Gasteiger partial charge < -0.3 is 10.6 Å². The summed E-state index contributed by atoms with van der Waals surface area (Å²) in [5.41, 5.74) is 23.8. The molecule has 0 aliphatic rings. The predicted octanol–water partition coefficient (Wildman–Crippen LogP) is 18.0. The summed E-state index contributed by atoms with van der Waals surface area (Å²) in [6.45, 7) is 22.4. The molecule has 9 rings (SSSR count). The van der Waals surface area contributed by atoms with Crippen LogP contribution in [0.4, 0.5) is 0 Å². The van der Waals surface area contributed by atoms with E-state index < -0.39 is 16.1 Å². The Morgan fingerprint density at radius 2 is 0.607 bits per heavy atom. The van der Waals surface area contributed by atoms with E-state index in [1.54, 1.807) is 0 Å². The van der Waals surface area contributed by atoms with Crippen molar-refractivity contribution in [3.63, 3.8) is 0 Å². The zero-order valence-electron chi connectivity index (χ0n) is 50.1. The third-order valence-electron chi connectivity index (χ3n) is 14.2. The number of nitrogens with one attached hydrogen (secondary N) is 2. The lowest BCUT2D eigenvalue weighted by molar-refractivity contribution is 0.703. The van der Waals surface area contributed by atoms with Gasteiger partial charge in [-0.25, -0.2) is 0 Å². The zero-order chi connectivity index (χ0) is 59.1. The van der Waals surface area contributed by atoms with E-state index in [2.05, 4.69) is 318 Å². The summed E-state index contributed by atoms with van der Waals surface area (Å²) < 4.78 is 0. The average Bonchev–Trinajstić information content (AvgIpc) is 2.13. The number of rotatable bonds is 12. The first-order valence-corrected chi connectivity index (χ1v) is 36.1. The van der Waals surface area contributed by atoms with Crippen molar-refractivity contribution >= 4 is 27.8 Å². The highest BCUT2D eigenvalue weighted by molar-refractivity contribution is 6.84. The molecule has 0 aromatic heterocycles. The lowest BCUT2D eigenvalue weighted by atomic mass is 9.93. The number of amidine groups is 2. The molecule has 0 heterocycles. The van der Waals surface area contributed by atoms with Gasteiger partial charge >= 0.3 is 0 Å². The standard InChI is InChI=1S/C78H74N4Si2/c1-57(65-25-15-11-16-26-65)79-77(80-58(2)66-27-17-12-18-28-66)75-71(53-55-83(5,6)7)33-23-35-73(75)69-49-45-63(46-50-69)43-41-61-37-39-62(40-38-61)42-44-64-47-51-70(52-48-64)74-36-24-34-72(54-56-84(8,9)10)76(74)78(81-59(3)67-29-19-13-20-30-67)82-60(4)68-31-21-14-22-32-68/h11-40,45-52,57-60H,1-10H3,(H,79,80)(H,81,82)/t57-,58-,59-,60-/m1/s1. The van der Waals surface area contributed by atoms with Crippen molar-refractivity contribution < 1.29 is 0 Å². The molecule has 2 N–H and O–H groups in total. The molecule has 414 valence electrons. The van der Waals surface area contributed by atoms with Gasteiger partial charge in [-0.05, 0) is 133 Å². The Bertz CT molecular complexity index is 3750. The zero-order valence-corrected chi connectivity index (χ0v) is 52.1. The average molecular weight is 1120 g/mol. The summed E-state index contributed by atoms with van der Waals surface area (Å²) >= 11 is 0. The van der Waals surface area contributed by atoms with Crippen LogP contribution in [0.5, 0.6) is 0 Å². The van der Waals surface area contributed by atoms with Crippen LogP contribution >= 0.6 is 0 Å². The maximum atomic E-state index is 5.46. The summed E-state index contributed by atoms with van der Waals surface area (Å²) in [7, 11) is -3.45. The summed E-state index contributed by atoms with van der Waals surface area (Å²) in [5.74, 6) is 22.5. The molecule has 9 aromatic rings. The molecular weight excluding hydrogens is 1050 g/mol. The van der Waals surface area contributed by atoms with Gasteiger partial charge in [0.05, 0.1) is 12.1 Å². The number of aliphatic imine (C=N–C) groups is 2. The van der Waals surface area contributed by atoms with Crippen LogP contribution < -0.4 is 10.6 Å². The summed E-state index contributed by atoms with van der Waals surface area (Å²) in [4.78, 5) is 10.9. The van der Waals surface area contributed by atoms with E-state index in [9.17, 15) is 0 Å². The molecule has 84 heavy (non-hydrogen) atoms. The molecule has 0 fully saturated rings. The van der Waals surface area contributed by atoms with Gasteiger partial charge in [0.15, 0.2) is 0 Å². The molecule has 0 spiro atoms. The predicted molar refractivity (Wildman–Crippen MR) is 361 cm³/mol. The van der Waals surface area contributed by atoms with Crippen molar-refractivity contribution in [2.45, 2.75) is 91.1 Å². The van der Waals surface area contributed by atoms with Crippen molar-refractivity contribution in [3.05, 3.63) is 297 Å². The fraction of sp³-hybridized carbons (Fsp3) is 0.179. The third-order valence-corrected chi connectivity index (χ3v) is 16.0. The van der Waals surface area contributed by atoms with E-state index in [0.717, 1.165) is 89.6 Å². The summed E-state index contributed by atoms with van der Waals surface area (Å²) in [6.07, 6.45) is 0. The van der Waals surface area contributed by atoms with E-state index in [1.807, 2.05) is 36.4 Å². The maximum absolute atomic E-state index is 5.46. The monoisotopic (exact) mass is 1120 g/mol. The van der Waals surface area contributed by atoms with E-state index in [-0.39, 0.29) is 24.2 Å². The SMILES string of the molecule is C[C@@H](N=C(N[C@H](C)c1ccccc1)c1c(C#C[Si](C)(C)C)cccc1-c1ccc(C#Cc2ccc(C#Cc3ccc(-c4cccc(C#C[Si](C)(C)C)c4C(=N[C@H](C)c4ccccc4)N[C@H](C)c4ccccc4)cc3)cc2)cc1)c1ccccc1. The van der Waals surface area contributed by atoms with Crippen molar-refractivity contribution in [2.75, 3.05) is 0 Å². The molecule has 0 unspecified atom stereocenters. The Hall–Kier alpha value is -9.41. The topological polar surface area (TPSA) is 48.8 Å². The lowest BCUT2D eigenvalue weighted by Crippen LogP contribution is -2.29. The van der Waals surface area contributed by atoms with Crippen LogP contribution in [-0.4, -0.2) is 27.8 Å². The number of benzene rings is 9. The van der Waals surface area contributed by atoms with Gasteiger partial charge in [0.2, 0.25) is 0 Å². The minimum atomic E-state index is -1.72. The van der Waals surface area contributed by atoms with Gasteiger partial charge in [-0.2, -0.15) is 0 Å². The van der Waals surface area contributed by atoms with E-state index >= 15 is 0 Å². The minimum Gasteiger partial charge on any atom is -0.363 e. The molecule has 4 nitrogen and oxygen atoms in total. The quantitative estimate of drug-likeness (QED) is 0.0554. The largest absolute Gasteiger partial charge is 0.363 e. The highest BCUT2D eigenvalue weighted by Gasteiger charge is 2.23. The molecule has 0 aliphatic heterocycles. The second-order valence-electron chi connectivity index (χ2n) is 23.4. The first-order chi connectivity index (χ1) is 40.5. The van der Waals surface area contributed by atoms with Crippen LogP contribution in [0.2, 0.25) is 39.3 Å².